The molecule has 1 amide bonds. The van der Waals surface area contributed by atoms with Crippen molar-refractivity contribution in [3.05, 3.63) is 77.1 Å². The van der Waals surface area contributed by atoms with Crippen molar-refractivity contribution in [2.45, 2.75) is 18.4 Å². The van der Waals surface area contributed by atoms with E-state index in [0.29, 0.717) is 16.7 Å². The van der Waals surface area contributed by atoms with Crippen molar-refractivity contribution in [2.24, 2.45) is 0 Å². The lowest BCUT2D eigenvalue weighted by Gasteiger charge is -2.19. The minimum Gasteiger partial charge on any atom is -0.497 e. The van der Waals surface area contributed by atoms with Crippen LogP contribution in [0, 0.1) is 6.92 Å². The van der Waals surface area contributed by atoms with Crippen LogP contribution in [-0.2, 0) is 11.3 Å². The fourth-order valence-corrected chi connectivity index (χ4v) is 5.15. The van der Waals surface area contributed by atoms with Gasteiger partial charge in [-0.1, -0.05) is 35.1 Å². The maximum atomic E-state index is 13.3. The minimum absolute atomic E-state index is 0.0301. The van der Waals surface area contributed by atoms with Crippen molar-refractivity contribution in [1.82, 2.24) is 9.97 Å². The third kappa shape index (κ3) is 5.01. The molecular formula is C23H20ClN3O2S2. The second kappa shape index (κ2) is 9.68. The van der Waals surface area contributed by atoms with Gasteiger partial charge in [-0.25, -0.2) is 4.98 Å². The molecule has 0 saturated carbocycles. The molecule has 0 bridgehead atoms. The number of rotatable bonds is 7. The summed E-state index contributed by atoms with van der Waals surface area (Å²) in [7, 11) is 1.63. The Hall–Kier alpha value is -2.61. The summed E-state index contributed by atoms with van der Waals surface area (Å²) in [4.78, 5) is 24.9. The highest BCUT2D eigenvalue weighted by molar-refractivity contribution is 8.00. The van der Waals surface area contributed by atoms with Crippen LogP contribution in [0.4, 0.5) is 5.13 Å². The zero-order valence-corrected chi connectivity index (χ0v) is 19.4. The molecule has 0 atom stereocenters. The molecule has 4 rings (SSSR count). The third-order valence-electron chi connectivity index (χ3n) is 4.70. The molecular weight excluding hydrogens is 450 g/mol. The van der Waals surface area contributed by atoms with Crippen LogP contribution in [0.25, 0.3) is 10.2 Å². The first-order chi connectivity index (χ1) is 15.0. The monoisotopic (exact) mass is 469 g/mol. The van der Waals surface area contributed by atoms with Gasteiger partial charge in [0.25, 0.3) is 0 Å². The number of carbonyl (C=O) groups excluding carboxylic acids is 1. The van der Waals surface area contributed by atoms with Crippen LogP contribution in [0.5, 0.6) is 5.75 Å². The molecule has 158 valence electrons. The predicted octanol–water partition coefficient (Wildman–Crippen LogP) is 5.99. The predicted molar refractivity (Wildman–Crippen MR) is 129 cm³/mol. The Morgan fingerprint density at radius 1 is 1.19 bits per heavy atom. The molecule has 4 aromatic rings. The van der Waals surface area contributed by atoms with Crippen LogP contribution in [-0.4, -0.2) is 28.7 Å². The van der Waals surface area contributed by atoms with Gasteiger partial charge in [0, 0.05) is 17.3 Å². The van der Waals surface area contributed by atoms with Gasteiger partial charge in [-0.2, -0.15) is 0 Å². The van der Waals surface area contributed by atoms with E-state index >= 15 is 0 Å². The van der Waals surface area contributed by atoms with Crippen LogP contribution >= 0.6 is 34.7 Å². The number of pyridine rings is 1. The van der Waals surface area contributed by atoms with Gasteiger partial charge in [-0.05, 0) is 54.4 Å². The molecule has 2 heterocycles. The van der Waals surface area contributed by atoms with Crippen molar-refractivity contribution in [3.8, 4) is 5.75 Å². The molecule has 0 aliphatic rings. The number of nitrogens with zero attached hydrogens (tertiary/aromatic N) is 3. The molecule has 0 aliphatic heterocycles. The SMILES string of the molecule is COc1ccc(SCC(=O)N(Cc2cccnc2)c2nc3c(C)ccc(Cl)c3s2)cc1. The Kier molecular flexibility index (Phi) is 6.75. The largest absolute Gasteiger partial charge is 0.497 e. The maximum Gasteiger partial charge on any atom is 0.239 e. The van der Waals surface area contributed by atoms with Gasteiger partial charge >= 0.3 is 0 Å². The molecule has 0 radical (unpaired) electrons. The zero-order chi connectivity index (χ0) is 21.8. The standard InChI is InChI=1S/C23H20ClN3O2S2/c1-15-5-10-19(24)22-21(15)26-23(31-22)27(13-16-4-3-11-25-12-16)20(28)14-30-18-8-6-17(29-2)7-9-18/h3-12H,13-14H2,1-2H3. The number of aromatic nitrogens is 2. The van der Waals surface area contributed by atoms with E-state index in [-0.39, 0.29) is 11.7 Å². The average Bonchev–Trinajstić information content (AvgIpc) is 3.26. The van der Waals surface area contributed by atoms with Crippen molar-refractivity contribution >= 4 is 56.0 Å². The molecule has 0 N–H and O–H groups in total. The number of halogens is 1. The molecule has 5 nitrogen and oxygen atoms in total. The van der Waals surface area contributed by atoms with Gasteiger partial charge < -0.3 is 4.74 Å². The number of fused-ring (bicyclic) bond motifs is 1. The molecule has 31 heavy (non-hydrogen) atoms. The number of benzene rings is 2. The number of aryl methyl sites for hydroxylation is 1. The third-order valence-corrected chi connectivity index (χ3v) is 7.24. The highest BCUT2D eigenvalue weighted by Crippen LogP contribution is 2.36. The zero-order valence-electron chi connectivity index (χ0n) is 17.0. The first-order valence-corrected chi connectivity index (χ1v) is 11.7. The number of thiazole rings is 1. The summed E-state index contributed by atoms with van der Waals surface area (Å²) in [5.74, 6) is 1.04. The molecule has 2 aromatic heterocycles. The first-order valence-electron chi connectivity index (χ1n) is 9.57. The van der Waals surface area contributed by atoms with Gasteiger partial charge in [0.2, 0.25) is 5.91 Å². The Morgan fingerprint density at radius 2 is 2.00 bits per heavy atom. The van der Waals surface area contributed by atoms with Crippen molar-refractivity contribution in [3.63, 3.8) is 0 Å². The number of thioether (sulfide) groups is 1. The molecule has 0 fully saturated rings. The van der Waals surface area contributed by atoms with E-state index in [9.17, 15) is 4.79 Å². The first kappa shape index (κ1) is 21.6. The van der Waals surface area contributed by atoms with E-state index in [1.54, 1.807) is 24.4 Å². The second-order valence-electron chi connectivity index (χ2n) is 6.84. The summed E-state index contributed by atoms with van der Waals surface area (Å²) in [5.41, 5.74) is 2.80. The maximum absolute atomic E-state index is 13.3. The summed E-state index contributed by atoms with van der Waals surface area (Å²) in [6.07, 6.45) is 3.48. The van der Waals surface area contributed by atoms with Gasteiger partial charge in [-0.3, -0.25) is 14.7 Å². The van der Waals surface area contributed by atoms with E-state index < -0.39 is 0 Å². The van der Waals surface area contributed by atoms with Gasteiger partial charge in [0.05, 0.1) is 34.6 Å². The molecule has 2 aromatic carbocycles. The molecule has 0 unspecified atom stereocenters. The molecule has 8 heteroatoms. The van der Waals surface area contributed by atoms with E-state index in [1.165, 1.54) is 23.1 Å². The van der Waals surface area contributed by atoms with E-state index in [4.69, 9.17) is 21.3 Å². The van der Waals surface area contributed by atoms with Crippen LogP contribution in [0.3, 0.4) is 0 Å². The van der Waals surface area contributed by atoms with Crippen LogP contribution < -0.4 is 9.64 Å². The summed E-state index contributed by atoms with van der Waals surface area (Å²) < 4.78 is 6.09. The summed E-state index contributed by atoms with van der Waals surface area (Å²) >= 11 is 9.31. The van der Waals surface area contributed by atoms with Crippen molar-refractivity contribution in [1.29, 1.82) is 0 Å². The topological polar surface area (TPSA) is 55.3 Å². The normalized spacial score (nSPS) is 10.9. The van der Waals surface area contributed by atoms with E-state index in [0.717, 1.165) is 32.0 Å². The lowest BCUT2D eigenvalue weighted by atomic mass is 10.2. The number of hydrogen-bond donors (Lipinski definition) is 0. The quantitative estimate of drug-likeness (QED) is 0.311. The van der Waals surface area contributed by atoms with Crippen LogP contribution in [0.2, 0.25) is 5.02 Å². The van der Waals surface area contributed by atoms with Crippen LogP contribution in [0.1, 0.15) is 11.1 Å². The second-order valence-corrected chi connectivity index (χ2v) is 9.28. The summed E-state index contributed by atoms with van der Waals surface area (Å²) in [6.45, 7) is 2.39. The van der Waals surface area contributed by atoms with Gasteiger partial charge in [0.1, 0.15) is 5.75 Å². The summed E-state index contributed by atoms with van der Waals surface area (Å²) in [6, 6.07) is 15.3. The van der Waals surface area contributed by atoms with Crippen molar-refractivity contribution < 1.29 is 9.53 Å². The Morgan fingerprint density at radius 3 is 2.68 bits per heavy atom. The molecule has 0 aliphatic carbocycles. The lowest BCUT2D eigenvalue weighted by molar-refractivity contribution is -0.116. The molecule has 0 saturated heterocycles. The minimum atomic E-state index is -0.0301. The van der Waals surface area contributed by atoms with Crippen molar-refractivity contribution in [2.75, 3.05) is 17.8 Å². The highest BCUT2D eigenvalue weighted by Gasteiger charge is 2.22. The number of methoxy groups -OCH3 is 1. The number of hydrogen-bond acceptors (Lipinski definition) is 6. The van der Waals surface area contributed by atoms with E-state index in [2.05, 4.69) is 4.98 Å². The fraction of sp³-hybridized carbons (Fsp3) is 0.174. The smallest absolute Gasteiger partial charge is 0.239 e. The van der Waals surface area contributed by atoms with Crippen LogP contribution in [0.15, 0.2) is 65.8 Å². The highest BCUT2D eigenvalue weighted by atomic mass is 35.5. The summed E-state index contributed by atoms with van der Waals surface area (Å²) in [5, 5.41) is 1.28. The van der Waals surface area contributed by atoms with Gasteiger partial charge in [0.15, 0.2) is 5.13 Å². The fourth-order valence-electron chi connectivity index (χ4n) is 3.04. The Labute approximate surface area is 194 Å². The number of ether oxygens (including phenoxy) is 1. The molecule has 0 spiro atoms. The number of amides is 1. The average molecular weight is 470 g/mol. The Balaban J connectivity index is 1.61. The van der Waals surface area contributed by atoms with E-state index in [1.807, 2.05) is 55.5 Å². The lowest BCUT2D eigenvalue weighted by Crippen LogP contribution is -2.31. The number of anilines is 1. The van der Waals surface area contributed by atoms with Gasteiger partial charge in [-0.15, -0.1) is 11.8 Å². The number of carbonyl (C=O) groups is 1. The Bertz CT molecular complexity index is 1160.